The van der Waals surface area contributed by atoms with Crippen molar-refractivity contribution in [2.75, 3.05) is 10.6 Å². The molecule has 0 saturated carbocycles. The van der Waals surface area contributed by atoms with Crippen LogP contribution in [0, 0.1) is 0 Å². The summed E-state index contributed by atoms with van der Waals surface area (Å²) in [7, 11) is 0. The van der Waals surface area contributed by atoms with E-state index in [1.165, 1.54) is 0 Å². The van der Waals surface area contributed by atoms with Crippen molar-refractivity contribution in [2.24, 2.45) is 0 Å². The van der Waals surface area contributed by atoms with Crippen LogP contribution < -0.4 is 10.6 Å². The van der Waals surface area contributed by atoms with E-state index in [-0.39, 0.29) is 5.95 Å². The van der Waals surface area contributed by atoms with Crippen molar-refractivity contribution in [1.82, 2.24) is 14.6 Å². The van der Waals surface area contributed by atoms with Crippen molar-refractivity contribution in [3.05, 3.63) is 78.4 Å². The SMILES string of the molecule is O=C(O)Nc1nc2cccc(-c3ccc(CNc4ccccc4)cc3)n2n1. The maximum Gasteiger partial charge on any atom is 0.411 e. The molecule has 2 heterocycles. The molecule has 0 aliphatic rings. The van der Waals surface area contributed by atoms with Gasteiger partial charge in [-0.25, -0.2) is 9.31 Å². The number of hydrogen-bond acceptors (Lipinski definition) is 4. The molecule has 0 aliphatic carbocycles. The number of fused-ring (bicyclic) bond motifs is 1. The van der Waals surface area contributed by atoms with Gasteiger partial charge in [-0.3, -0.25) is 5.32 Å². The van der Waals surface area contributed by atoms with Crippen LogP contribution >= 0.6 is 0 Å². The lowest BCUT2D eigenvalue weighted by atomic mass is 10.1. The molecule has 27 heavy (non-hydrogen) atoms. The van der Waals surface area contributed by atoms with Crippen LogP contribution in [0.2, 0.25) is 0 Å². The number of nitrogens with zero attached hydrogens (tertiary/aromatic N) is 3. The Bertz CT molecular complexity index is 1070. The Hall–Kier alpha value is -3.87. The van der Waals surface area contributed by atoms with E-state index >= 15 is 0 Å². The third kappa shape index (κ3) is 3.72. The smallest absolute Gasteiger partial charge is 0.411 e. The minimum Gasteiger partial charge on any atom is -0.465 e. The first-order chi connectivity index (χ1) is 13.2. The summed E-state index contributed by atoms with van der Waals surface area (Å²) < 4.78 is 1.63. The number of rotatable bonds is 5. The summed E-state index contributed by atoms with van der Waals surface area (Å²) in [6.07, 6.45) is -1.19. The van der Waals surface area contributed by atoms with Crippen LogP contribution in [0.3, 0.4) is 0 Å². The number of benzene rings is 2. The molecule has 0 fully saturated rings. The highest BCUT2D eigenvalue weighted by atomic mass is 16.4. The molecule has 0 bridgehead atoms. The number of carbonyl (C=O) groups is 1. The number of pyridine rings is 1. The molecule has 4 aromatic rings. The lowest BCUT2D eigenvalue weighted by Gasteiger charge is -2.08. The van der Waals surface area contributed by atoms with Gasteiger partial charge in [0.25, 0.3) is 5.95 Å². The van der Waals surface area contributed by atoms with E-state index in [1.54, 1.807) is 10.6 Å². The van der Waals surface area contributed by atoms with E-state index in [1.807, 2.05) is 54.6 Å². The van der Waals surface area contributed by atoms with Crippen LogP contribution in [-0.2, 0) is 6.54 Å². The second-order valence-corrected chi connectivity index (χ2v) is 5.96. The van der Waals surface area contributed by atoms with Crippen LogP contribution in [0.15, 0.2) is 72.8 Å². The summed E-state index contributed by atoms with van der Waals surface area (Å²) in [5.41, 5.74) is 4.61. The van der Waals surface area contributed by atoms with Gasteiger partial charge in [-0.05, 0) is 29.8 Å². The van der Waals surface area contributed by atoms with Crippen LogP contribution in [0.25, 0.3) is 16.9 Å². The first kappa shape index (κ1) is 16.6. The number of para-hydroxylation sites is 1. The summed E-state index contributed by atoms with van der Waals surface area (Å²) in [4.78, 5) is 15.0. The van der Waals surface area contributed by atoms with Gasteiger partial charge in [0.05, 0.1) is 5.69 Å². The Morgan fingerprint density at radius 1 is 0.963 bits per heavy atom. The van der Waals surface area contributed by atoms with Gasteiger partial charge in [-0.2, -0.15) is 4.98 Å². The quantitative estimate of drug-likeness (QED) is 0.499. The van der Waals surface area contributed by atoms with Gasteiger partial charge < -0.3 is 10.4 Å². The molecule has 0 aliphatic heterocycles. The molecule has 0 spiro atoms. The zero-order valence-corrected chi connectivity index (χ0v) is 14.3. The highest BCUT2D eigenvalue weighted by Gasteiger charge is 2.10. The Labute approximate surface area is 155 Å². The normalized spacial score (nSPS) is 10.7. The van der Waals surface area contributed by atoms with Gasteiger partial charge in [0.15, 0.2) is 5.65 Å². The molecule has 0 unspecified atom stereocenters. The molecule has 7 nitrogen and oxygen atoms in total. The van der Waals surface area contributed by atoms with E-state index < -0.39 is 6.09 Å². The predicted molar refractivity (Wildman–Crippen MR) is 104 cm³/mol. The van der Waals surface area contributed by atoms with E-state index in [4.69, 9.17) is 5.11 Å². The van der Waals surface area contributed by atoms with Gasteiger partial charge in [-0.1, -0.05) is 48.5 Å². The Morgan fingerprint density at radius 2 is 1.74 bits per heavy atom. The Kier molecular flexibility index (Phi) is 4.40. The lowest BCUT2D eigenvalue weighted by Crippen LogP contribution is -2.08. The van der Waals surface area contributed by atoms with Gasteiger partial charge in [0.1, 0.15) is 0 Å². The second kappa shape index (κ2) is 7.17. The van der Waals surface area contributed by atoms with E-state index in [0.717, 1.165) is 29.1 Å². The zero-order chi connectivity index (χ0) is 18.6. The highest BCUT2D eigenvalue weighted by Crippen LogP contribution is 2.22. The van der Waals surface area contributed by atoms with E-state index in [2.05, 4.69) is 32.8 Å². The summed E-state index contributed by atoms with van der Waals surface area (Å²) in [6.45, 7) is 0.727. The van der Waals surface area contributed by atoms with Gasteiger partial charge in [0.2, 0.25) is 0 Å². The first-order valence-electron chi connectivity index (χ1n) is 8.43. The van der Waals surface area contributed by atoms with Crippen LogP contribution in [-0.4, -0.2) is 25.8 Å². The fourth-order valence-electron chi connectivity index (χ4n) is 2.83. The summed E-state index contributed by atoms with van der Waals surface area (Å²) in [6, 6.07) is 23.8. The monoisotopic (exact) mass is 359 g/mol. The Morgan fingerprint density at radius 3 is 2.48 bits per heavy atom. The van der Waals surface area contributed by atoms with Crippen LogP contribution in [0.1, 0.15) is 5.56 Å². The average molecular weight is 359 g/mol. The van der Waals surface area contributed by atoms with Crippen LogP contribution in [0.4, 0.5) is 16.4 Å². The topological polar surface area (TPSA) is 91.5 Å². The number of amides is 1. The molecular weight excluding hydrogens is 342 g/mol. The molecule has 1 amide bonds. The maximum absolute atomic E-state index is 10.8. The fraction of sp³-hybridized carbons (Fsp3) is 0.0500. The number of nitrogens with one attached hydrogen (secondary N) is 2. The Balaban J connectivity index is 1.56. The fourth-order valence-corrected chi connectivity index (χ4v) is 2.83. The number of hydrogen-bond donors (Lipinski definition) is 3. The third-order valence-corrected chi connectivity index (χ3v) is 4.10. The van der Waals surface area contributed by atoms with Crippen molar-refractivity contribution in [3.63, 3.8) is 0 Å². The molecule has 0 saturated heterocycles. The molecule has 0 radical (unpaired) electrons. The van der Waals surface area contributed by atoms with Crippen molar-refractivity contribution in [3.8, 4) is 11.3 Å². The number of anilines is 2. The molecule has 0 atom stereocenters. The number of carboxylic acid groups (broad SMARTS) is 1. The van der Waals surface area contributed by atoms with E-state index in [0.29, 0.717) is 5.65 Å². The van der Waals surface area contributed by atoms with Gasteiger partial charge >= 0.3 is 6.09 Å². The average Bonchev–Trinajstić information content (AvgIpc) is 3.09. The second-order valence-electron chi connectivity index (χ2n) is 5.96. The standard InChI is InChI=1S/C20H17N5O2/c26-20(27)23-19-22-18-8-4-7-17(25(18)24-19)15-11-9-14(10-12-15)13-21-16-5-2-1-3-6-16/h1-12,21H,13H2,(H,23,24)(H,26,27). The zero-order valence-electron chi connectivity index (χ0n) is 14.3. The number of aromatic nitrogens is 3. The predicted octanol–water partition coefficient (Wildman–Crippen LogP) is 4.10. The van der Waals surface area contributed by atoms with Crippen molar-refractivity contribution in [2.45, 2.75) is 6.54 Å². The van der Waals surface area contributed by atoms with Crippen LogP contribution in [0.5, 0.6) is 0 Å². The molecular formula is C20H17N5O2. The largest absolute Gasteiger partial charge is 0.465 e. The molecule has 2 aromatic carbocycles. The highest BCUT2D eigenvalue weighted by molar-refractivity contribution is 5.80. The summed E-state index contributed by atoms with van der Waals surface area (Å²) in [5.74, 6) is 0.0543. The van der Waals surface area contributed by atoms with E-state index in [9.17, 15) is 4.79 Å². The van der Waals surface area contributed by atoms with Crippen molar-refractivity contribution < 1.29 is 9.90 Å². The molecule has 134 valence electrons. The minimum atomic E-state index is -1.19. The van der Waals surface area contributed by atoms with Gasteiger partial charge in [0, 0.05) is 17.8 Å². The summed E-state index contributed by atoms with van der Waals surface area (Å²) in [5, 5.41) is 18.6. The lowest BCUT2D eigenvalue weighted by molar-refractivity contribution is 0.209. The third-order valence-electron chi connectivity index (χ3n) is 4.10. The molecule has 3 N–H and O–H groups in total. The minimum absolute atomic E-state index is 0.0543. The molecule has 4 rings (SSSR count). The molecule has 7 heteroatoms. The molecule has 2 aromatic heterocycles. The van der Waals surface area contributed by atoms with Crippen molar-refractivity contribution >= 4 is 23.4 Å². The van der Waals surface area contributed by atoms with Gasteiger partial charge in [-0.15, -0.1) is 5.10 Å². The van der Waals surface area contributed by atoms with Crippen molar-refractivity contribution in [1.29, 1.82) is 0 Å². The maximum atomic E-state index is 10.8. The first-order valence-corrected chi connectivity index (χ1v) is 8.43. The summed E-state index contributed by atoms with van der Waals surface area (Å²) >= 11 is 0.